The first kappa shape index (κ1) is 51.9. The summed E-state index contributed by atoms with van der Waals surface area (Å²) in [6, 6.07) is 19.5. The number of fused-ring (bicyclic) bond motifs is 4. The molecule has 3 amide bonds. The van der Waals surface area contributed by atoms with Crippen LogP contribution in [0, 0.1) is 6.92 Å². The van der Waals surface area contributed by atoms with Crippen molar-refractivity contribution in [1.82, 2.24) is 36.0 Å². The number of aldehydes is 1. The molecule has 0 spiro atoms. The van der Waals surface area contributed by atoms with Crippen LogP contribution in [-0.4, -0.2) is 118 Å². The van der Waals surface area contributed by atoms with Gasteiger partial charge in [0, 0.05) is 73.1 Å². The molecule has 0 atom stereocenters. The number of allylic oxidation sites excluding steroid dienone is 4. The molecular formula is C47H58Cl2N12O5. The molecule has 4 aromatic rings. The highest BCUT2D eigenvalue weighted by Gasteiger charge is 2.25. The molecule has 4 N–H and O–H groups in total. The average molecular weight is 942 g/mol. The first-order valence-electron chi connectivity index (χ1n) is 21.2. The van der Waals surface area contributed by atoms with Crippen LogP contribution in [0.1, 0.15) is 62.0 Å². The van der Waals surface area contributed by atoms with Gasteiger partial charge in [0.2, 0.25) is 5.91 Å². The lowest BCUT2D eigenvalue weighted by molar-refractivity contribution is -0.118. The Morgan fingerprint density at radius 2 is 1.45 bits per heavy atom. The van der Waals surface area contributed by atoms with Crippen molar-refractivity contribution in [3.63, 3.8) is 0 Å². The molecule has 350 valence electrons. The molecule has 17 nitrogen and oxygen atoms in total. The zero-order valence-corrected chi connectivity index (χ0v) is 40.0. The highest BCUT2D eigenvalue weighted by molar-refractivity contribution is 6.31. The van der Waals surface area contributed by atoms with E-state index in [4.69, 9.17) is 47.5 Å². The van der Waals surface area contributed by atoms with Crippen molar-refractivity contribution in [1.29, 1.82) is 0 Å². The topological polar surface area (TPSA) is 201 Å². The Kier molecular flexibility index (Phi) is 21.2. The molecule has 0 saturated carbocycles. The summed E-state index contributed by atoms with van der Waals surface area (Å²) in [6.45, 7) is 14.3. The maximum absolute atomic E-state index is 11.0. The molecule has 3 heterocycles. The van der Waals surface area contributed by atoms with Gasteiger partial charge in [-0.2, -0.15) is 5.10 Å². The number of urea groups is 1. The number of aliphatic imine (C=N–C) groups is 2. The van der Waals surface area contributed by atoms with Gasteiger partial charge in [-0.1, -0.05) is 41.4 Å². The number of amides is 3. The fourth-order valence-corrected chi connectivity index (χ4v) is 7.11. The SMILES string of the molecule is C=N/N=C(/C)N1CCN=C(c2ccc(Cl)cc2)c2cc(OC)ccc21.CC=O.CNCCNC(=O)NCCNC(C)=O.COc1ccc2c(c1)C(C1=CC=C(Cl)CC1)=NCc1nnc(C)n1-2. The number of carbonyl (C=O) groups is 3. The van der Waals surface area contributed by atoms with Crippen LogP contribution in [-0.2, 0) is 16.1 Å². The minimum atomic E-state index is -0.217. The number of hydrogen-bond acceptors (Lipinski definition) is 12. The number of likely N-dealkylation sites (N-methyl/N-ethyl adjacent to an activating group) is 1. The van der Waals surface area contributed by atoms with Crippen molar-refractivity contribution in [2.75, 3.05) is 65.4 Å². The lowest BCUT2D eigenvalue weighted by Gasteiger charge is -2.24. The fraction of sp³-hybridized carbons (Fsp3) is 0.340. The Balaban J connectivity index is 0.000000218. The zero-order chi connectivity index (χ0) is 48.0. The highest BCUT2D eigenvalue weighted by atomic mass is 35.5. The Hall–Kier alpha value is -6.69. The zero-order valence-electron chi connectivity index (χ0n) is 38.5. The second-order valence-corrected chi connectivity index (χ2v) is 15.3. The first-order chi connectivity index (χ1) is 31.9. The maximum atomic E-state index is 11.0. The number of amidine groups is 1. The molecule has 1 aliphatic carbocycles. The molecule has 3 aliphatic rings. The average Bonchev–Trinajstić information content (AvgIpc) is 3.46. The third-order valence-electron chi connectivity index (χ3n) is 9.88. The molecule has 3 aromatic carbocycles. The van der Waals surface area contributed by atoms with E-state index in [-0.39, 0.29) is 11.9 Å². The first-order valence-corrected chi connectivity index (χ1v) is 21.9. The molecule has 19 heteroatoms. The van der Waals surface area contributed by atoms with Gasteiger partial charge in [0.1, 0.15) is 36.0 Å². The summed E-state index contributed by atoms with van der Waals surface area (Å²) in [7, 11) is 5.15. The molecule has 2 aliphatic heterocycles. The van der Waals surface area contributed by atoms with Crippen molar-refractivity contribution in [3.05, 3.63) is 117 Å². The molecule has 1 aromatic heterocycles. The van der Waals surface area contributed by atoms with Crippen LogP contribution in [0.25, 0.3) is 5.69 Å². The summed E-state index contributed by atoms with van der Waals surface area (Å²) in [5, 5.41) is 28.5. The van der Waals surface area contributed by atoms with Crippen LogP contribution in [0.5, 0.6) is 11.5 Å². The Morgan fingerprint density at radius 3 is 2.05 bits per heavy atom. The molecule has 0 saturated heterocycles. The van der Waals surface area contributed by atoms with E-state index in [9.17, 15) is 9.59 Å². The van der Waals surface area contributed by atoms with E-state index < -0.39 is 0 Å². The second kappa shape index (κ2) is 26.9. The number of carbonyl (C=O) groups excluding carboxylic acids is 3. The van der Waals surface area contributed by atoms with Gasteiger partial charge in [-0.05, 0) is 101 Å². The summed E-state index contributed by atoms with van der Waals surface area (Å²) < 4.78 is 12.9. The van der Waals surface area contributed by atoms with Crippen molar-refractivity contribution in [3.8, 4) is 17.2 Å². The number of nitrogens with one attached hydrogen (secondary N) is 4. The summed E-state index contributed by atoms with van der Waals surface area (Å²) >= 11 is 12.1. The van der Waals surface area contributed by atoms with Crippen molar-refractivity contribution in [2.24, 2.45) is 20.2 Å². The second-order valence-electron chi connectivity index (χ2n) is 14.4. The van der Waals surface area contributed by atoms with Crippen LogP contribution in [0.4, 0.5) is 10.5 Å². The van der Waals surface area contributed by atoms with Crippen molar-refractivity contribution in [2.45, 2.75) is 47.1 Å². The smallest absolute Gasteiger partial charge is 0.314 e. The fourth-order valence-electron chi connectivity index (χ4n) is 6.83. The number of nitrogens with zero attached hydrogens (tertiary/aromatic N) is 8. The summed E-state index contributed by atoms with van der Waals surface area (Å²) in [5.41, 5.74) is 8.15. The summed E-state index contributed by atoms with van der Waals surface area (Å²) in [4.78, 5) is 42.0. The molecule has 0 unspecified atom stereocenters. The van der Waals surface area contributed by atoms with Gasteiger partial charge in [0.25, 0.3) is 0 Å². The molecular weight excluding hydrogens is 884 g/mol. The van der Waals surface area contributed by atoms with E-state index in [2.05, 4.69) is 63.9 Å². The van der Waals surface area contributed by atoms with Crippen LogP contribution in [0.2, 0.25) is 5.02 Å². The number of rotatable bonds is 11. The van der Waals surface area contributed by atoms with Crippen LogP contribution < -0.4 is 35.6 Å². The summed E-state index contributed by atoms with van der Waals surface area (Å²) in [5.74, 6) is 3.96. The van der Waals surface area contributed by atoms with Gasteiger partial charge in [0.05, 0.1) is 43.6 Å². The normalized spacial score (nSPS) is 13.6. The monoisotopic (exact) mass is 940 g/mol. The Morgan fingerprint density at radius 1 is 0.833 bits per heavy atom. The minimum Gasteiger partial charge on any atom is -0.497 e. The molecule has 0 bridgehead atoms. The van der Waals surface area contributed by atoms with E-state index >= 15 is 0 Å². The number of anilines is 1. The predicted octanol–water partition coefficient (Wildman–Crippen LogP) is 6.62. The quantitative estimate of drug-likeness (QED) is 0.0420. The standard InChI is InChI=1S/C19H19ClN4O.C18H17ClN4O.C8H18N4O2.C2H4O/c1-13(23-21-2)24-11-10-22-19(14-4-6-15(20)7-5-14)17-12-16(25-3)8-9-18(17)24;1-11-21-22-17-10-20-18(12-3-5-13(19)6-4-12)15-9-14(24-2)7-8-16(15)23(11)17;1-7(13)10-5-6-12-8(14)11-4-3-9-2;1-2-3/h4-9,12H,2,10-11H2,1,3H3;3,5,7-9H,4,6,10H2,1-2H3;9H,3-6H2,1-2H3,(H,10,13)(H2,11,12,14);2H,1H3/b23-13-;;;. The lowest BCUT2D eigenvalue weighted by atomic mass is 9.94. The number of hydrogen-bond donors (Lipinski definition) is 4. The maximum Gasteiger partial charge on any atom is 0.314 e. The van der Waals surface area contributed by atoms with E-state index in [1.807, 2.05) is 87.6 Å². The van der Waals surface area contributed by atoms with Crippen LogP contribution in [0.15, 0.2) is 104 Å². The predicted molar refractivity (Wildman–Crippen MR) is 265 cm³/mol. The van der Waals surface area contributed by atoms with Crippen LogP contribution in [0.3, 0.4) is 0 Å². The largest absolute Gasteiger partial charge is 0.497 e. The van der Waals surface area contributed by atoms with Crippen molar-refractivity contribution >= 4 is 71.1 Å². The van der Waals surface area contributed by atoms with Gasteiger partial charge in [0.15, 0.2) is 5.82 Å². The van der Waals surface area contributed by atoms with Gasteiger partial charge >= 0.3 is 6.03 Å². The molecule has 66 heavy (non-hydrogen) atoms. The van der Waals surface area contributed by atoms with E-state index in [1.165, 1.54) is 19.4 Å². The molecule has 7 rings (SSSR count). The number of benzodiazepines with no additional fused rings is 1. The molecule has 0 fully saturated rings. The minimum absolute atomic E-state index is 0.0950. The lowest BCUT2D eigenvalue weighted by Crippen LogP contribution is -2.41. The van der Waals surface area contributed by atoms with Gasteiger partial charge in [-0.3, -0.25) is 19.3 Å². The highest BCUT2D eigenvalue weighted by Crippen LogP contribution is 2.33. The van der Waals surface area contributed by atoms with Crippen molar-refractivity contribution < 1.29 is 23.9 Å². The van der Waals surface area contributed by atoms with E-state index in [0.717, 1.165) is 99.2 Å². The molecule has 0 radical (unpaired) electrons. The van der Waals surface area contributed by atoms with Gasteiger partial charge in [-0.15, -0.1) is 15.3 Å². The van der Waals surface area contributed by atoms with E-state index in [1.54, 1.807) is 14.2 Å². The van der Waals surface area contributed by atoms with Gasteiger partial charge < -0.3 is 40.4 Å². The Bertz CT molecular complexity index is 2460. The van der Waals surface area contributed by atoms with Crippen LogP contribution >= 0.6 is 23.2 Å². The van der Waals surface area contributed by atoms with E-state index in [0.29, 0.717) is 44.3 Å². The third kappa shape index (κ3) is 14.9. The third-order valence-corrected chi connectivity index (χ3v) is 10.5. The number of aromatic nitrogens is 3. The number of methoxy groups -OCH3 is 2. The summed E-state index contributed by atoms with van der Waals surface area (Å²) in [6.07, 6.45) is 6.49. The Labute approximate surface area is 396 Å². The number of ether oxygens (including phenoxy) is 2. The number of halogens is 2. The number of benzene rings is 3. The number of aryl methyl sites for hydroxylation is 1. The van der Waals surface area contributed by atoms with Gasteiger partial charge in [-0.25, -0.2) is 4.79 Å².